The molecule has 0 saturated carbocycles. The van der Waals surface area contributed by atoms with Gasteiger partial charge in [0, 0.05) is 23.9 Å². The summed E-state index contributed by atoms with van der Waals surface area (Å²) in [6, 6.07) is 6.49. The van der Waals surface area contributed by atoms with E-state index in [1.807, 2.05) is 0 Å². The molecule has 2 heteroatoms. The summed E-state index contributed by atoms with van der Waals surface area (Å²) >= 11 is 0. The molecular formula is C14H22N2. The number of likely N-dealkylation sites (N-methyl/N-ethyl adjacent to an activating group) is 1. The van der Waals surface area contributed by atoms with Crippen LogP contribution in [0.25, 0.3) is 0 Å². The predicted molar refractivity (Wildman–Crippen MR) is 67.8 cm³/mol. The van der Waals surface area contributed by atoms with Crippen LogP contribution in [0.15, 0.2) is 18.2 Å². The lowest BCUT2D eigenvalue weighted by molar-refractivity contribution is 0.248. The van der Waals surface area contributed by atoms with Crippen LogP contribution < -0.4 is 0 Å². The molecular weight excluding hydrogens is 196 g/mol. The molecule has 1 aliphatic rings. The molecule has 1 saturated heterocycles. The maximum absolute atomic E-state index is 4.80. The van der Waals surface area contributed by atoms with Crippen molar-refractivity contribution >= 4 is 0 Å². The summed E-state index contributed by atoms with van der Waals surface area (Å²) in [5, 5.41) is 0. The third-order valence-corrected chi connectivity index (χ3v) is 3.43. The maximum Gasteiger partial charge on any atom is 0.0450 e. The lowest BCUT2D eigenvalue weighted by Gasteiger charge is -2.29. The molecule has 0 N–H and O–H groups in total. The van der Waals surface area contributed by atoms with Crippen molar-refractivity contribution in [3.63, 3.8) is 0 Å². The van der Waals surface area contributed by atoms with Crippen molar-refractivity contribution in [2.75, 3.05) is 20.1 Å². The van der Waals surface area contributed by atoms with E-state index in [1.165, 1.54) is 30.8 Å². The Morgan fingerprint density at radius 3 is 2.88 bits per heavy atom. The molecule has 1 atom stereocenters. The van der Waals surface area contributed by atoms with Crippen LogP contribution in [-0.2, 0) is 0 Å². The van der Waals surface area contributed by atoms with Gasteiger partial charge in [-0.05, 0) is 44.5 Å². The summed E-state index contributed by atoms with van der Waals surface area (Å²) in [4.78, 5) is 7.22. The zero-order valence-electron chi connectivity index (χ0n) is 10.6. The van der Waals surface area contributed by atoms with Gasteiger partial charge in [-0.1, -0.05) is 19.9 Å². The summed E-state index contributed by atoms with van der Waals surface area (Å²) in [6.07, 6.45) is 2.59. The van der Waals surface area contributed by atoms with E-state index in [2.05, 4.69) is 44.0 Å². The molecule has 0 aliphatic carbocycles. The van der Waals surface area contributed by atoms with Crippen molar-refractivity contribution in [3.05, 3.63) is 29.6 Å². The fourth-order valence-electron chi connectivity index (χ4n) is 2.43. The molecule has 2 nitrogen and oxygen atoms in total. The fourth-order valence-corrected chi connectivity index (χ4v) is 2.43. The minimum absolute atomic E-state index is 0.529. The molecule has 0 amide bonds. The molecule has 0 unspecified atom stereocenters. The first-order chi connectivity index (χ1) is 7.66. The summed E-state index contributed by atoms with van der Waals surface area (Å²) in [6.45, 7) is 6.81. The molecule has 1 aliphatic heterocycles. The topological polar surface area (TPSA) is 16.1 Å². The number of likely N-dealkylation sites (tertiary alicyclic amines) is 1. The van der Waals surface area contributed by atoms with E-state index in [-0.39, 0.29) is 0 Å². The highest BCUT2D eigenvalue weighted by Crippen LogP contribution is 2.25. The number of nitrogens with zero attached hydrogens (tertiary/aromatic N) is 2. The Balaban J connectivity index is 2.16. The van der Waals surface area contributed by atoms with Crippen LogP contribution in [0.1, 0.15) is 49.9 Å². The van der Waals surface area contributed by atoms with Gasteiger partial charge in [0.1, 0.15) is 0 Å². The van der Waals surface area contributed by atoms with Crippen LogP contribution in [0.4, 0.5) is 0 Å². The van der Waals surface area contributed by atoms with E-state index in [1.54, 1.807) is 0 Å². The molecule has 0 bridgehead atoms. The number of piperidine rings is 1. The Morgan fingerprint density at radius 1 is 1.38 bits per heavy atom. The zero-order chi connectivity index (χ0) is 11.5. The van der Waals surface area contributed by atoms with Gasteiger partial charge in [-0.2, -0.15) is 0 Å². The Morgan fingerprint density at radius 2 is 2.19 bits per heavy atom. The first-order valence-electron chi connectivity index (χ1n) is 6.32. The molecule has 88 valence electrons. The lowest BCUT2D eigenvalue weighted by atomic mass is 9.94. The number of hydrogen-bond donors (Lipinski definition) is 0. The number of hydrogen-bond acceptors (Lipinski definition) is 2. The molecule has 2 heterocycles. The van der Waals surface area contributed by atoms with Gasteiger partial charge in [-0.3, -0.25) is 4.98 Å². The van der Waals surface area contributed by atoms with Crippen molar-refractivity contribution < 1.29 is 0 Å². The quantitative estimate of drug-likeness (QED) is 0.758. The zero-order valence-corrected chi connectivity index (χ0v) is 10.6. The largest absolute Gasteiger partial charge is 0.306 e. The van der Waals surface area contributed by atoms with Gasteiger partial charge in [-0.25, -0.2) is 0 Å². The Kier molecular flexibility index (Phi) is 3.59. The Hall–Kier alpha value is -0.890. The van der Waals surface area contributed by atoms with E-state index in [9.17, 15) is 0 Å². The monoisotopic (exact) mass is 218 g/mol. The molecule has 1 fully saturated rings. The third kappa shape index (κ3) is 2.62. The second kappa shape index (κ2) is 4.96. The van der Waals surface area contributed by atoms with Crippen LogP contribution in [0, 0.1) is 0 Å². The molecule has 2 rings (SSSR count). The highest BCUT2D eigenvalue weighted by molar-refractivity contribution is 5.17. The molecule has 0 spiro atoms. The average molecular weight is 218 g/mol. The third-order valence-electron chi connectivity index (χ3n) is 3.43. The number of pyridine rings is 1. The number of aromatic nitrogens is 1. The van der Waals surface area contributed by atoms with E-state index in [0.717, 1.165) is 6.54 Å². The Labute approximate surface area is 98.7 Å². The molecule has 16 heavy (non-hydrogen) atoms. The minimum atomic E-state index is 0.529. The normalized spacial score (nSPS) is 22.6. The van der Waals surface area contributed by atoms with Gasteiger partial charge in [0.2, 0.25) is 0 Å². The minimum Gasteiger partial charge on any atom is -0.306 e. The van der Waals surface area contributed by atoms with Gasteiger partial charge in [0.05, 0.1) is 0 Å². The van der Waals surface area contributed by atoms with Crippen molar-refractivity contribution in [1.29, 1.82) is 0 Å². The van der Waals surface area contributed by atoms with Gasteiger partial charge < -0.3 is 4.90 Å². The first kappa shape index (κ1) is 11.6. The second-order valence-electron chi connectivity index (χ2n) is 5.24. The molecule has 0 radical (unpaired) electrons. The van der Waals surface area contributed by atoms with E-state index < -0.39 is 0 Å². The summed E-state index contributed by atoms with van der Waals surface area (Å²) in [5.41, 5.74) is 2.52. The Bertz CT molecular complexity index is 346. The standard InChI is InChI=1S/C14H22N2/c1-11(2)13-7-4-8-14(15-13)12-6-5-9-16(3)10-12/h4,7-8,11-12H,5-6,9-10H2,1-3H3/t12-/m0/s1. The van der Waals surface area contributed by atoms with Gasteiger partial charge in [-0.15, -0.1) is 0 Å². The van der Waals surface area contributed by atoms with E-state index in [0.29, 0.717) is 11.8 Å². The predicted octanol–water partition coefficient (Wildman–Crippen LogP) is 3.01. The van der Waals surface area contributed by atoms with Crippen LogP contribution in [0.3, 0.4) is 0 Å². The van der Waals surface area contributed by atoms with Crippen molar-refractivity contribution in [2.24, 2.45) is 0 Å². The highest BCUT2D eigenvalue weighted by Gasteiger charge is 2.20. The summed E-state index contributed by atoms with van der Waals surface area (Å²) < 4.78 is 0. The maximum atomic E-state index is 4.80. The van der Waals surface area contributed by atoms with Crippen LogP contribution in [-0.4, -0.2) is 30.0 Å². The van der Waals surface area contributed by atoms with Crippen LogP contribution in [0.5, 0.6) is 0 Å². The van der Waals surface area contributed by atoms with Crippen molar-refractivity contribution in [3.8, 4) is 0 Å². The van der Waals surface area contributed by atoms with Gasteiger partial charge in [0.15, 0.2) is 0 Å². The van der Waals surface area contributed by atoms with Crippen LogP contribution in [0.2, 0.25) is 0 Å². The van der Waals surface area contributed by atoms with Gasteiger partial charge in [0.25, 0.3) is 0 Å². The average Bonchev–Trinajstić information content (AvgIpc) is 2.29. The van der Waals surface area contributed by atoms with Crippen molar-refractivity contribution in [2.45, 2.75) is 38.5 Å². The summed E-state index contributed by atoms with van der Waals surface area (Å²) in [7, 11) is 2.21. The second-order valence-corrected chi connectivity index (χ2v) is 5.24. The molecule has 0 aromatic carbocycles. The van der Waals surface area contributed by atoms with Crippen LogP contribution >= 0.6 is 0 Å². The van der Waals surface area contributed by atoms with E-state index in [4.69, 9.17) is 4.98 Å². The molecule has 1 aromatic heterocycles. The van der Waals surface area contributed by atoms with Gasteiger partial charge >= 0.3 is 0 Å². The first-order valence-corrected chi connectivity index (χ1v) is 6.32. The fraction of sp³-hybridized carbons (Fsp3) is 0.643. The SMILES string of the molecule is CC(C)c1cccc([C@H]2CCCN(C)C2)n1. The number of rotatable bonds is 2. The van der Waals surface area contributed by atoms with Crippen molar-refractivity contribution in [1.82, 2.24) is 9.88 Å². The lowest BCUT2D eigenvalue weighted by Crippen LogP contribution is -2.31. The van der Waals surface area contributed by atoms with E-state index >= 15 is 0 Å². The molecule has 1 aromatic rings. The summed E-state index contributed by atoms with van der Waals surface area (Å²) in [5.74, 6) is 1.17. The highest BCUT2D eigenvalue weighted by atomic mass is 15.1. The smallest absolute Gasteiger partial charge is 0.0450 e.